The molecular weight excluding hydrogens is 275 g/mol. The van der Waals surface area contributed by atoms with Gasteiger partial charge in [0.15, 0.2) is 0 Å². The Balaban J connectivity index is 2.88. The van der Waals surface area contributed by atoms with Gasteiger partial charge in [-0.25, -0.2) is 13.8 Å². The summed E-state index contributed by atoms with van der Waals surface area (Å²) in [5.74, 6) is 1.19. The van der Waals surface area contributed by atoms with Gasteiger partial charge in [0, 0.05) is 0 Å². The Kier molecular flexibility index (Phi) is 3.44. The lowest BCUT2D eigenvalue weighted by molar-refractivity contribution is 0.344. The quantitative estimate of drug-likeness (QED) is 0.821. The molecule has 1 heterocycles. The Hall–Kier alpha value is -2.81. The molecule has 0 fully saturated rings. The van der Waals surface area contributed by atoms with Crippen molar-refractivity contribution in [3.63, 3.8) is 0 Å². The van der Waals surface area contributed by atoms with Gasteiger partial charge in [-0.2, -0.15) is 0 Å². The average Bonchev–Trinajstić information content (AvgIpc) is 2.37. The van der Waals surface area contributed by atoms with Crippen LogP contribution in [0, 0.1) is 18.2 Å². The minimum absolute atomic E-state index is 0.148. The summed E-state index contributed by atoms with van der Waals surface area (Å²) in [4.78, 5) is 25.9. The Morgan fingerprint density at radius 3 is 2.62 bits per heavy atom. The molecule has 6 heteroatoms. The average molecular weight is 288 g/mol. The van der Waals surface area contributed by atoms with Gasteiger partial charge in [0.2, 0.25) is 5.88 Å². The number of hydrogen-bond acceptors (Lipinski definition) is 3. The highest BCUT2D eigenvalue weighted by Crippen LogP contribution is 2.28. The molecule has 1 aromatic carbocycles. The van der Waals surface area contributed by atoms with E-state index in [1.165, 1.54) is 32.0 Å². The summed E-state index contributed by atoms with van der Waals surface area (Å²) < 4.78 is 14.2. The van der Waals surface area contributed by atoms with Crippen LogP contribution < -0.4 is 11.2 Å². The van der Waals surface area contributed by atoms with Crippen LogP contribution in [0.1, 0.15) is 13.8 Å². The first-order chi connectivity index (χ1) is 9.77. The molecule has 2 rings (SSSR count). The van der Waals surface area contributed by atoms with Crippen LogP contribution >= 0.6 is 0 Å². The summed E-state index contributed by atoms with van der Waals surface area (Å²) >= 11 is 0. The van der Waals surface area contributed by atoms with Crippen molar-refractivity contribution in [3.05, 3.63) is 50.9 Å². The Bertz CT molecular complexity index is 856. The molecule has 5 nitrogen and oxygen atoms in total. The van der Waals surface area contributed by atoms with E-state index < -0.39 is 28.5 Å². The fourth-order valence-corrected chi connectivity index (χ4v) is 2.01. The first-order valence-electron chi connectivity index (χ1n) is 6.10. The molecule has 21 heavy (non-hydrogen) atoms. The third-order valence-electron chi connectivity index (χ3n) is 3.11. The molecule has 0 aliphatic carbocycles. The summed E-state index contributed by atoms with van der Waals surface area (Å²) in [6.07, 6.45) is 5.35. The predicted molar refractivity (Wildman–Crippen MR) is 76.5 cm³/mol. The van der Waals surface area contributed by atoms with Crippen molar-refractivity contribution in [1.82, 2.24) is 9.55 Å². The van der Waals surface area contributed by atoms with Crippen LogP contribution in [0.5, 0.6) is 5.88 Å². The molecule has 2 N–H and O–H groups in total. The second kappa shape index (κ2) is 4.94. The standard InChI is InChI=1S/C15H13FN2O3/c1-4-15(2,3)18-13(20)11(12(19)17-14(18)21)9-6-5-7-10(16)8-9/h1,5-8,20H,2-3H3,(H,17,19,21). The van der Waals surface area contributed by atoms with Gasteiger partial charge in [-0.05, 0) is 31.5 Å². The van der Waals surface area contributed by atoms with Crippen molar-refractivity contribution in [2.75, 3.05) is 0 Å². The number of nitrogens with zero attached hydrogens (tertiary/aromatic N) is 1. The molecule has 0 saturated carbocycles. The number of H-pyrrole nitrogens is 1. The van der Waals surface area contributed by atoms with Crippen molar-refractivity contribution < 1.29 is 9.50 Å². The van der Waals surface area contributed by atoms with E-state index in [0.29, 0.717) is 0 Å². The molecule has 0 spiro atoms. The van der Waals surface area contributed by atoms with E-state index in [9.17, 15) is 19.1 Å². The number of aromatic nitrogens is 2. The second-order valence-electron chi connectivity index (χ2n) is 5.01. The van der Waals surface area contributed by atoms with Gasteiger partial charge in [0.25, 0.3) is 5.56 Å². The highest BCUT2D eigenvalue weighted by atomic mass is 19.1. The van der Waals surface area contributed by atoms with E-state index in [1.807, 2.05) is 0 Å². The highest BCUT2D eigenvalue weighted by molar-refractivity contribution is 5.67. The molecule has 108 valence electrons. The van der Waals surface area contributed by atoms with Gasteiger partial charge in [0.05, 0.1) is 0 Å². The molecule has 0 saturated heterocycles. The maximum Gasteiger partial charge on any atom is 0.332 e. The van der Waals surface area contributed by atoms with Crippen molar-refractivity contribution in [2.24, 2.45) is 0 Å². The molecule has 0 unspecified atom stereocenters. The molecule has 0 aliphatic rings. The van der Waals surface area contributed by atoms with Gasteiger partial charge in [-0.3, -0.25) is 9.78 Å². The monoisotopic (exact) mass is 288 g/mol. The SMILES string of the molecule is C#CC(C)(C)n1c(O)c(-c2cccc(F)c2)c(=O)[nH]c1=O. The fourth-order valence-electron chi connectivity index (χ4n) is 2.01. The van der Waals surface area contributed by atoms with E-state index in [4.69, 9.17) is 6.42 Å². The number of benzene rings is 1. The van der Waals surface area contributed by atoms with Crippen LogP contribution in [0.2, 0.25) is 0 Å². The van der Waals surface area contributed by atoms with E-state index in [-0.39, 0.29) is 11.1 Å². The molecule has 2 aromatic rings. The second-order valence-corrected chi connectivity index (χ2v) is 5.01. The lowest BCUT2D eigenvalue weighted by Gasteiger charge is -2.23. The topological polar surface area (TPSA) is 75.1 Å². The normalized spacial score (nSPS) is 11.1. The number of aromatic hydroxyl groups is 1. The number of rotatable bonds is 2. The van der Waals surface area contributed by atoms with Crippen LogP contribution in [0.25, 0.3) is 11.1 Å². The minimum Gasteiger partial charge on any atom is -0.494 e. The van der Waals surface area contributed by atoms with E-state index in [1.54, 1.807) is 0 Å². The fraction of sp³-hybridized carbons (Fsp3) is 0.200. The third-order valence-corrected chi connectivity index (χ3v) is 3.11. The summed E-state index contributed by atoms with van der Waals surface area (Å²) in [5, 5.41) is 10.3. The zero-order valence-corrected chi connectivity index (χ0v) is 11.5. The molecular formula is C15H13FN2O3. The van der Waals surface area contributed by atoms with Crippen LogP contribution in [0.4, 0.5) is 4.39 Å². The van der Waals surface area contributed by atoms with Gasteiger partial charge >= 0.3 is 5.69 Å². The number of aromatic amines is 1. The van der Waals surface area contributed by atoms with Crippen LogP contribution in [-0.4, -0.2) is 14.7 Å². The molecule has 0 bridgehead atoms. The van der Waals surface area contributed by atoms with Gasteiger partial charge in [0.1, 0.15) is 16.9 Å². The van der Waals surface area contributed by atoms with Crippen LogP contribution in [0.3, 0.4) is 0 Å². The lowest BCUT2D eigenvalue weighted by atomic mass is 10.0. The first-order valence-corrected chi connectivity index (χ1v) is 6.10. The van der Waals surface area contributed by atoms with Crippen LogP contribution in [0.15, 0.2) is 33.9 Å². The summed E-state index contributed by atoms with van der Waals surface area (Å²) in [6.45, 7) is 3.06. The Morgan fingerprint density at radius 2 is 2.05 bits per heavy atom. The van der Waals surface area contributed by atoms with Crippen LogP contribution in [-0.2, 0) is 5.54 Å². The van der Waals surface area contributed by atoms with Gasteiger partial charge in [-0.1, -0.05) is 18.1 Å². The number of hydrogen-bond donors (Lipinski definition) is 2. The summed E-state index contributed by atoms with van der Waals surface area (Å²) in [7, 11) is 0. The Morgan fingerprint density at radius 1 is 1.38 bits per heavy atom. The predicted octanol–water partition coefficient (Wildman–Crippen LogP) is 1.42. The molecule has 0 radical (unpaired) electrons. The van der Waals surface area contributed by atoms with Crippen molar-refractivity contribution in [3.8, 4) is 29.4 Å². The van der Waals surface area contributed by atoms with Crippen molar-refractivity contribution in [1.29, 1.82) is 0 Å². The van der Waals surface area contributed by atoms with Gasteiger partial charge in [-0.15, -0.1) is 6.42 Å². The lowest BCUT2D eigenvalue weighted by Crippen LogP contribution is -2.40. The maximum absolute atomic E-state index is 13.3. The van der Waals surface area contributed by atoms with E-state index >= 15 is 0 Å². The third kappa shape index (κ3) is 2.46. The first kappa shape index (κ1) is 14.6. The smallest absolute Gasteiger partial charge is 0.332 e. The van der Waals surface area contributed by atoms with Crippen molar-refractivity contribution >= 4 is 0 Å². The van der Waals surface area contributed by atoms with E-state index in [2.05, 4.69) is 10.9 Å². The number of halogens is 1. The zero-order chi connectivity index (χ0) is 15.8. The van der Waals surface area contributed by atoms with Gasteiger partial charge < -0.3 is 5.11 Å². The maximum atomic E-state index is 13.3. The minimum atomic E-state index is -1.16. The molecule has 0 atom stereocenters. The summed E-state index contributed by atoms with van der Waals surface area (Å²) in [5.41, 5.74) is -2.87. The highest BCUT2D eigenvalue weighted by Gasteiger charge is 2.26. The Labute approximate surface area is 119 Å². The largest absolute Gasteiger partial charge is 0.494 e. The molecule has 0 amide bonds. The summed E-state index contributed by atoms with van der Waals surface area (Å²) in [6, 6.07) is 5.13. The molecule has 0 aliphatic heterocycles. The number of nitrogens with one attached hydrogen (secondary N) is 1. The molecule has 1 aromatic heterocycles. The van der Waals surface area contributed by atoms with E-state index in [0.717, 1.165) is 10.6 Å². The zero-order valence-electron chi connectivity index (χ0n) is 11.5. The number of terminal acetylenes is 1. The van der Waals surface area contributed by atoms with Crippen molar-refractivity contribution in [2.45, 2.75) is 19.4 Å².